The fraction of sp³-hybridized carbons (Fsp3) is 0.0217. The number of hydrogen-bond acceptors (Lipinski definition) is 5. The number of aromatic nitrogens is 5. The normalized spacial score (nSPS) is 11.2. The van der Waals surface area contributed by atoms with Gasteiger partial charge in [-0.2, -0.15) is 0 Å². The zero-order chi connectivity index (χ0) is 34.1. The predicted octanol–water partition coefficient (Wildman–Crippen LogP) is 11.3. The highest BCUT2D eigenvalue weighted by Crippen LogP contribution is 2.36. The van der Waals surface area contributed by atoms with E-state index in [2.05, 4.69) is 97.9 Å². The van der Waals surface area contributed by atoms with Gasteiger partial charge in [0.1, 0.15) is 0 Å². The van der Waals surface area contributed by atoms with Crippen molar-refractivity contribution in [2.45, 2.75) is 6.92 Å². The highest BCUT2D eigenvalue weighted by Gasteiger charge is 2.15. The monoisotopic (exact) mass is 653 g/mol. The van der Waals surface area contributed by atoms with Gasteiger partial charge in [0.05, 0.1) is 16.7 Å². The molecule has 0 aliphatic carbocycles. The van der Waals surface area contributed by atoms with Gasteiger partial charge in [-0.05, 0) is 53.4 Å². The van der Waals surface area contributed by atoms with Crippen LogP contribution in [0.4, 0.5) is 0 Å². The lowest BCUT2D eigenvalue weighted by Crippen LogP contribution is -2.00. The molecule has 0 aliphatic heterocycles. The molecule has 0 saturated carbocycles. The maximum Gasteiger partial charge on any atom is 0.164 e. The average molecular weight is 654 g/mol. The van der Waals surface area contributed by atoms with E-state index < -0.39 is 0 Å². The van der Waals surface area contributed by atoms with E-state index in [-0.39, 0.29) is 0 Å². The van der Waals surface area contributed by atoms with Gasteiger partial charge in [0.2, 0.25) is 0 Å². The minimum Gasteiger partial charge on any atom is -0.251 e. The quantitative estimate of drug-likeness (QED) is 0.167. The standard InChI is InChI=1S/C46H31N5/c1-30-27-40(39-25-23-32-24-26-41(31-13-5-2-6-14-31)48-42(32)43(39)47-30)37-21-11-19-35(28-37)36-20-12-22-38(29-36)46-50-44(33-15-7-3-8-16-33)49-45(51-46)34-17-9-4-10-18-34/h2-29H,1H3. The maximum absolute atomic E-state index is 5.13. The van der Waals surface area contributed by atoms with Crippen molar-refractivity contribution in [1.82, 2.24) is 24.9 Å². The summed E-state index contributed by atoms with van der Waals surface area (Å²) in [5.74, 6) is 1.92. The van der Waals surface area contributed by atoms with Crippen LogP contribution < -0.4 is 0 Å². The van der Waals surface area contributed by atoms with Gasteiger partial charge >= 0.3 is 0 Å². The summed E-state index contributed by atoms with van der Waals surface area (Å²) in [4.78, 5) is 24.9. The summed E-state index contributed by atoms with van der Waals surface area (Å²) in [6.45, 7) is 2.05. The molecule has 0 fully saturated rings. The van der Waals surface area contributed by atoms with Crippen LogP contribution in [0.15, 0.2) is 170 Å². The van der Waals surface area contributed by atoms with Crippen molar-refractivity contribution >= 4 is 21.8 Å². The highest BCUT2D eigenvalue weighted by atomic mass is 15.0. The van der Waals surface area contributed by atoms with Crippen LogP contribution >= 0.6 is 0 Å². The number of pyridine rings is 2. The molecule has 0 aliphatic rings. The van der Waals surface area contributed by atoms with Crippen molar-refractivity contribution in [3.63, 3.8) is 0 Å². The Morgan fingerprint density at radius 2 is 0.824 bits per heavy atom. The highest BCUT2D eigenvalue weighted by molar-refractivity contribution is 6.09. The molecule has 0 spiro atoms. The number of hydrogen-bond donors (Lipinski definition) is 0. The third kappa shape index (κ3) is 5.91. The smallest absolute Gasteiger partial charge is 0.164 e. The zero-order valence-electron chi connectivity index (χ0n) is 27.9. The summed E-state index contributed by atoms with van der Waals surface area (Å²) in [5, 5.41) is 2.14. The Morgan fingerprint density at radius 3 is 1.45 bits per heavy atom. The molecule has 0 radical (unpaired) electrons. The zero-order valence-corrected chi connectivity index (χ0v) is 27.9. The fourth-order valence-corrected chi connectivity index (χ4v) is 6.65. The summed E-state index contributed by atoms with van der Waals surface area (Å²) in [6.07, 6.45) is 0. The number of nitrogens with zero attached hydrogens (tertiary/aromatic N) is 5. The molecule has 9 rings (SSSR count). The number of fused-ring (bicyclic) bond motifs is 3. The Balaban J connectivity index is 1.14. The van der Waals surface area contributed by atoms with E-state index in [1.165, 1.54) is 0 Å². The van der Waals surface area contributed by atoms with E-state index in [0.29, 0.717) is 17.5 Å². The minimum absolute atomic E-state index is 0.630. The van der Waals surface area contributed by atoms with Crippen molar-refractivity contribution in [1.29, 1.82) is 0 Å². The van der Waals surface area contributed by atoms with Crippen LogP contribution in [0.3, 0.4) is 0 Å². The Morgan fingerprint density at radius 1 is 0.333 bits per heavy atom. The van der Waals surface area contributed by atoms with E-state index in [9.17, 15) is 0 Å². The Kier molecular flexibility index (Phi) is 7.63. The van der Waals surface area contributed by atoms with Crippen LogP contribution in [-0.2, 0) is 0 Å². The van der Waals surface area contributed by atoms with Crippen LogP contribution in [0, 0.1) is 6.92 Å². The summed E-state index contributed by atoms with van der Waals surface area (Å²) >= 11 is 0. The summed E-state index contributed by atoms with van der Waals surface area (Å²) < 4.78 is 0. The average Bonchev–Trinajstić information content (AvgIpc) is 3.21. The lowest BCUT2D eigenvalue weighted by molar-refractivity contribution is 1.07. The molecule has 240 valence electrons. The van der Waals surface area contributed by atoms with Gasteiger partial charge in [0.15, 0.2) is 17.5 Å². The molecule has 0 unspecified atom stereocenters. The Bertz CT molecular complexity index is 2630. The molecule has 0 saturated heterocycles. The van der Waals surface area contributed by atoms with Crippen molar-refractivity contribution in [3.8, 4) is 67.7 Å². The Labute approximate surface area is 296 Å². The molecular weight excluding hydrogens is 623 g/mol. The molecule has 6 aromatic carbocycles. The maximum atomic E-state index is 5.13. The van der Waals surface area contributed by atoms with Gasteiger partial charge < -0.3 is 0 Å². The molecule has 9 aromatic rings. The summed E-state index contributed by atoms with van der Waals surface area (Å²) in [7, 11) is 0. The lowest BCUT2D eigenvalue weighted by atomic mass is 9.95. The molecule has 5 heteroatoms. The SMILES string of the molecule is Cc1cc(-c2cccc(-c3cccc(-c4nc(-c5ccccc5)nc(-c5ccccc5)n4)c3)c2)c2ccc3ccc(-c4ccccc4)nc3c2n1. The number of benzene rings is 6. The predicted molar refractivity (Wildman–Crippen MR) is 208 cm³/mol. The first-order chi connectivity index (χ1) is 25.2. The minimum atomic E-state index is 0.630. The van der Waals surface area contributed by atoms with Gasteiger partial charge in [0, 0.05) is 38.7 Å². The van der Waals surface area contributed by atoms with E-state index in [0.717, 1.165) is 77.7 Å². The van der Waals surface area contributed by atoms with Gasteiger partial charge in [0.25, 0.3) is 0 Å². The second-order valence-electron chi connectivity index (χ2n) is 12.6. The third-order valence-electron chi connectivity index (χ3n) is 9.16. The van der Waals surface area contributed by atoms with Gasteiger partial charge in [-0.1, -0.05) is 146 Å². The first-order valence-electron chi connectivity index (χ1n) is 17.0. The van der Waals surface area contributed by atoms with Crippen molar-refractivity contribution in [2.75, 3.05) is 0 Å². The molecule has 3 aromatic heterocycles. The largest absolute Gasteiger partial charge is 0.251 e. The summed E-state index contributed by atoms with van der Waals surface area (Å²) in [5.41, 5.74) is 12.0. The van der Waals surface area contributed by atoms with E-state index in [1.54, 1.807) is 0 Å². The van der Waals surface area contributed by atoms with Gasteiger partial charge in [-0.3, -0.25) is 4.98 Å². The number of rotatable bonds is 6. The molecule has 0 atom stereocenters. The van der Waals surface area contributed by atoms with Crippen LogP contribution in [-0.4, -0.2) is 24.9 Å². The fourth-order valence-electron chi connectivity index (χ4n) is 6.65. The first kappa shape index (κ1) is 30.2. The van der Waals surface area contributed by atoms with E-state index >= 15 is 0 Å². The van der Waals surface area contributed by atoms with Crippen LogP contribution in [0.2, 0.25) is 0 Å². The third-order valence-corrected chi connectivity index (χ3v) is 9.16. The molecule has 0 bridgehead atoms. The molecule has 3 heterocycles. The van der Waals surface area contributed by atoms with Gasteiger partial charge in [-0.25, -0.2) is 19.9 Å². The Hall–Kier alpha value is -6.85. The second-order valence-corrected chi connectivity index (χ2v) is 12.6. The van der Waals surface area contributed by atoms with Crippen LogP contribution in [0.1, 0.15) is 5.69 Å². The molecule has 0 amide bonds. The van der Waals surface area contributed by atoms with Crippen molar-refractivity contribution in [3.05, 3.63) is 176 Å². The van der Waals surface area contributed by atoms with Crippen LogP contribution in [0.5, 0.6) is 0 Å². The molecule has 0 N–H and O–H groups in total. The number of aryl methyl sites for hydroxylation is 1. The lowest BCUT2D eigenvalue weighted by Gasteiger charge is -2.13. The second kappa shape index (κ2) is 12.9. The van der Waals surface area contributed by atoms with Gasteiger partial charge in [-0.15, -0.1) is 0 Å². The van der Waals surface area contributed by atoms with Crippen molar-refractivity contribution < 1.29 is 0 Å². The molecule has 5 nitrogen and oxygen atoms in total. The molecule has 51 heavy (non-hydrogen) atoms. The topological polar surface area (TPSA) is 64.5 Å². The van der Waals surface area contributed by atoms with Crippen molar-refractivity contribution in [2.24, 2.45) is 0 Å². The first-order valence-corrected chi connectivity index (χ1v) is 17.0. The van der Waals surface area contributed by atoms with E-state index in [4.69, 9.17) is 24.9 Å². The van der Waals surface area contributed by atoms with E-state index in [1.807, 2.05) is 78.9 Å². The molecular formula is C46H31N5. The summed E-state index contributed by atoms with van der Waals surface area (Å²) in [6, 6.07) is 58.3. The van der Waals surface area contributed by atoms with Crippen LogP contribution in [0.25, 0.3) is 89.5 Å².